The molecule has 0 fully saturated rings. The number of hydrogen-bond acceptors (Lipinski definition) is 2. The van der Waals surface area contributed by atoms with E-state index in [1.807, 2.05) is 0 Å². The van der Waals surface area contributed by atoms with Gasteiger partial charge in [-0.25, -0.2) is 9.37 Å². The zero-order chi connectivity index (χ0) is 6.85. The van der Waals surface area contributed by atoms with E-state index in [2.05, 4.69) is 20.9 Å². The van der Waals surface area contributed by atoms with E-state index in [-0.39, 0.29) is 0 Å². The van der Waals surface area contributed by atoms with Crippen LogP contribution in [-0.4, -0.2) is 10.1 Å². The first-order valence-electron chi connectivity index (χ1n) is 2.21. The van der Waals surface area contributed by atoms with Crippen molar-refractivity contribution in [1.29, 1.82) is 0 Å². The summed E-state index contributed by atoms with van der Waals surface area (Å²) in [5.41, 5.74) is 0. The molecule has 0 spiro atoms. The Labute approximate surface area is 59.5 Å². The Morgan fingerprint density at radius 3 is 2.67 bits per heavy atom. The summed E-state index contributed by atoms with van der Waals surface area (Å²) in [4.78, 5) is 3.37. The highest BCUT2D eigenvalue weighted by molar-refractivity contribution is 9.10. The topological polar surface area (TPSA) is 33.1 Å². The van der Waals surface area contributed by atoms with Gasteiger partial charge in [0.05, 0.1) is 0 Å². The Balaban J connectivity index is 3.17. The molecule has 0 aliphatic rings. The predicted molar refractivity (Wildman–Crippen MR) is 33.6 cm³/mol. The lowest BCUT2D eigenvalue weighted by molar-refractivity contribution is 0.410. The molecular formula is C5H3BrFNO. The third-order valence-electron chi connectivity index (χ3n) is 0.794. The maximum absolute atomic E-state index is 12.2. The fourth-order valence-corrected chi connectivity index (χ4v) is 0.708. The van der Waals surface area contributed by atoms with Crippen LogP contribution in [-0.2, 0) is 0 Å². The van der Waals surface area contributed by atoms with Crippen LogP contribution >= 0.6 is 15.9 Å². The summed E-state index contributed by atoms with van der Waals surface area (Å²) in [6.07, 6.45) is 0. The molecule has 0 aliphatic heterocycles. The third-order valence-corrected chi connectivity index (χ3v) is 1.24. The summed E-state index contributed by atoms with van der Waals surface area (Å²) in [6.45, 7) is 0. The van der Waals surface area contributed by atoms with E-state index in [1.54, 1.807) is 0 Å². The Hall–Kier alpha value is -0.640. The van der Waals surface area contributed by atoms with Crippen molar-refractivity contribution in [3.63, 3.8) is 0 Å². The van der Waals surface area contributed by atoms with Gasteiger partial charge in [0.1, 0.15) is 4.60 Å². The number of hydrogen-bond donors (Lipinski definition) is 1. The highest BCUT2D eigenvalue weighted by atomic mass is 79.9. The number of aromatic nitrogens is 1. The average molecular weight is 192 g/mol. The minimum absolute atomic E-state index is 0.418. The molecule has 0 aliphatic carbocycles. The smallest absolute Gasteiger partial charge is 0.248 e. The molecule has 0 saturated heterocycles. The normalized spacial score (nSPS) is 9.56. The largest absolute Gasteiger partial charge is 0.491 e. The van der Waals surface area contributed by atoms with Gasteiger partial charge in [0.15, 0.2) is 5.82 Å². The molecule has 4 heteroatoms. The second-order valence-corrected chi connectivity index (χ2v) is 2.25. The number of aromatic hydroxyl groups is 1. The van der Waals surface area contributed by atoms with Crippen LogP contribution in [0.4, 0.5) is 4.39 Å². The molecule has 48 valence electrons. The molecule has 1 rings (SSSR count). The zero-order valence-electron chi connectivity index (χ0n) is 4.31. The first-order valence-corrected chi connectivity index (χ1v) is 3.00. The Bertz CT molecular complexity index is 228. The summed E-state index contributed by atoms with van der Waals surface area (Å²) in [6, 6.07) is 2.54. The lowest BCUT2D eigenvalue weighted by Gasteiger charge is -1.91. The van der Waals surface area contributed by atoms with Crippen molar-refractivity contribution < 1.29 is 9.50 Å². The number of halogens is 2. The van der Waals surface area contributed by atoms with E-state index in [4.69, 9.17) is 5.11 Å². The molecular weight excluding hydrogens is 189 g/mol. The van der Waals surface area contributed by atoms with Gasteiger partial charge in [0.2, 0.25) is 5.88 Å². The second kappa shape index (κ2) is 2.31. The summed E-state index contributed by atoms with van der Waals surface area (Å²) in [7, 11) is 0. The molecule has 0 radical (unpaired) electrons. The van der Waals surface area contributed by atoms with Gasteiger partial charge in [-0.3, -0.25) is 0 Å². The molecule has 1 aromatic rings. The van der Waals surface area contributed by atoms with Crippen LogP contribution in [0.2, 0.25) is 0 Å². The van der Waals surface area contributed by atoms with Crippen molar-refractivity contribution >= 4 is 15.9 Å². The maximum Gasteiger partial charge on any atom is 0.248 e. The van der Waals surface area contributed by atoms with Crippen LogP contribution in [0.5, 0.6) is 5.88 Å². The molecule has 2 nitrogen and oxygen atoms in total. The standard InChI is InChI=1S/C5H3BrFNO/c6-4-2-1-3(7)5(9)8-4/h1-2H,(H,8,9). The van der Waals surface area contributed by atoms with E-state index in [0.717, 1.165) is 6.07 Å². The molecule has 0 unspecified atom stereocenters. The third kappa shape index (κ3) is 1.38. The average Bonchev–Trinajstić information content (AvgIpc) is 1.80. The van der Waals surface area contributed by atoms with Crippen molar-refractivity contribution in [1.82, 2.24) is 4.98 Å². The van der Waals surface area contributed by atoms with Crippen molar-refractivity contribution in [2.45, 2.75) is 0 Å². The summed E-state index contributed by atoms with van der Waals surface area (Å²) < 4.78 is 12.6. The van der Waals surface area contributed by atoms with E-state index in [1.165, 1.54) is 6.07 Å². The molecule has 0 atom stereocenters. The molecule has 0 bridgehead atoms. The molecule has 1 heterocycles. The molecule has 0 amide bonds. The second-order valence-electron chi connectivity index (χ2n) is 1.44. The van der Waals surface area contributed by atoms with Gasteiger partial charge in [-0.1, -0.05) is 0 Å². The highest BCUT2D eigenvalue weighted by Crippen LogP contribution is 2.14. The maximum atomic E-state index is 12.2. The van der Waals surface area contributed by atoms with Gasteiger partial charge in [0.25, 0.3) is 0 Å². The Morgan fingerprint density at radius 2 is 2.22 bits per heavy atom. The van der Waals surface area contributed by atoms with Crippen molar-refractivity contribution in [2.75, 3.05) is 0 Å². The molecule has 1 aromatic heterocycles. The number of nitrogens with zero attached hydrogens (tertiary/aromatic N) is 1. The lowest BCUT2D eigenvalue weighted by Crippen LogP contribution is -1.80. The molecule has 9 heavy (non-hydrogen) atoms. The molecule has 1 N–H and O–H groups in total. The van der Waals surface area contributed by atoms with E-state index in [0.29, 0.717) is 4.60 Å². The lowest BCUT2D eigenvalue weighted by atomic mass is 10.5. The van der Waals surface area contributed by atoms with Crippen LogP contribution in [0.15, 0.2) is 16.7 Å². The van der Waals surface area contributed by atoms with Crippen molar-refractivity contribution in [2.24, 2.45) is 0 Å². The van der Waals surface area contributed by atoms with Crippen LogP contribution in [0.1, 0.15) is 0 Å². The van der Waals surface area contributed by atoms with Crippen molar-refractivity contribution in [3.05, 3.63) is 22.6 Å². The van der Waals surface area contributed by atoms with Crippen LogP contribution in [0.25, 0.3) is 0 Å². The van der Waals surface area contributed by atoms with Crippen LogP contribution < -0.4 is 0 Å². The Morgan fingerprint density at radius 1 is 1.56 bits per heavy atom. The summed E-state index contributed by atoms with van der Waals surface area (Å²) in [5.74, 6) is -1.29. The number of rotatable bonds is 0. The number of pyridine rings is 1. The van der Waals surface area contributed by atoms with E-state index < -0.39 is 11.7 Å². The van der Waals surface area contributed by atoms with Gasteiger partial charge in [-0.15, -0.1) is 0 Å². The van der Waals surface area contributed by atoms with Gasteiger partial charge < -0.3 is 5.11 Å². The minimum atomic E-state index is -0.710. The SMILES string of the molecule is Oc1nc(Br)ccc1F. The van der Waals surface area contributed by atoms with E-state index >= 15 is 0 Å². The van der Waals surface area contributed by atoms with Crippen LogP contribution in [0, 0.1) is 5.82 Å². The molecule has 0 aromatic carbocycles. The quantitative estimate of drug-likeness (QED) is 0.634. The Kier molecular flexibility index (Phi) is 1.66. The first-order chi connectivity index (χ1) is 4.20. The van der Waals surface area contributed by atoms with Crippen LogP contribution in [0.3, 0.4) is 0 Å². The van der Waals surface area contributed by atoms with E-state index in [9.17, 15) is 4.39 Å². The van der Waals surface area contributed by atoms with Gasteiger partial charge >= 0.3 is 0 Å². The minimum Gasteiger partial charge on any atom is -0.491 e. The van der Waals surface area contributed by atoms with Crippen molar-refractivity contribution in [3.8, 4) is 5.88 Å². The van der Waals surface area contributed by atoms with Gasteiger partial charge in [0, 0.05) is 0 Å². The fourth-order valence-electron chi connectivity index (χ4n) is 0.408. The molecule has 0 saturated carbocycles. The monoisotopic (exact) mass is 191 g/mol. The predicted octanol–water partition coefficient (Wildman–Crippen LogP) is 1.69. The highest BCUT2D eigenvalue weighted by Gasteiger charge is 1.99. The first kappa shape index (κ1) is 6.48. The fraction of sp³-hybridized carbons (Fsp3) is 0. The van der Waals surface area contributed by atoms with Gasteiger partial charge in [-0.05, 0) is 28.1 Å². The van der Waals surface area contributed by atoms with Gasteiger partial charge in [-0.2, -0.15) is 0 Å². The summed E-state index contributed by atoms with van der Waals surface area (Å²) >= 11 is 2.96. The summed E-state index contributed by atoms with van der Waals surface area (Å²) in [5, 5.41) is 8.58. The zero-order valence-corrected chi connectivity index (χ0v) is 5.89.